The molecule has 3 nitrogen and oxygen atoms in total. The van der Waals surface area contributed by atoms with Crippen LogP contribution in [0.25, 0.3) is 0 Å². The lowest BCUT2D eigenvalue weighted by Gasteiger charge is -2.06. The first kappa shape index (κ1) is 24.7. The maximum absolute atomic E-state index is 7.03. The quantitative estimate of drug-likeness (QED) is 0.533. The summed E-state index contributed by atoms with van der Waals surface area (Å²) in [5, 5.41) is 7.03. The molecule has 0 amide bonds. The van der Waals surface area contributed by atoms with Crippen LogP contribution in [0.1, 0.15) is 58.8 Å². The highest BCUT2D eigenvalue weighted by Crippen LogP contribution is 2.10. The molecule has 21 heavy (non-hydrogen) atoms. The summed E-state index contributed by atoms with van der Waals surface area (Å²) in [5.41, 5.74) is 7.22. The Morgan fingerprint density at radius 2 is 1.86 bits per heavy atom. The standard InChI is InChI=1S/C8H11N3.C4H7Br.C3H6.C2H6/c1-6(10)7-3-2-4-11-8(7)5-9;1-3-4(2)5;1-3-2;1-2/h2-6,9H,10H2,1H3;3H,1-2H3;3H,1H2,2H3;1-2H3/b;4-3+;;. The molecule has 0 aliphatic heterocycles. The maximum atomic E-state index is 7.03. The van der Waals surface area contributed by atoms with Gasteiger partial charge in [0.05, 0.1) is 5.69 Å². The van der Waals surface area contributed by atoms with Crippen molar-refractivity contribution in [3.8, 4) is 0 Å². The minimum atomic E-state index is -0.0553. The molecule has 1 aromatic rings. The number of allylic oxidation sites excluding steroid dienone is 3. The molecule has 1 unspecified atom stereocenters. The van der Waals surface area contributed by atoms with Gasteiger partial charge in [-0.15, -0.1) is 6.58 Å². The van der Waals surface area contributed by atoms with Crippen LogP contribution in [0.15, 0.2) is 41.5 Å². The van der Waals surface area contributed by atoms with Gasteiger partial charge in [0.25, 0.3) is 0 Å². The van der Waals surface area contributed by atoms with Crippen molar-refractivity contribution in [3.63, 3.8) is 0 Å². The second-order valence-corrected chi connectivity index (χ2v) is 4.95. The first-order valence-electron chi connectivity index (χ1n) is 7.00. The first-order chi connectivity index (χ1) is 9.94. The number of hydrogen-bond donors (Lipinski definition) is 2. The molecule has 0 bridgehead atoms. The monoisotopic (exact) mass is 355 g/mol. The molecule has 0 saturated carbocycles. The molecular formula is C17H30BrN3. The van der Waals surface area contributed by atoms with Crippen molar-refractivity contribution in [2.75, 3.05) is 0 Å². The molecule has 1 aromatic heterocycles. The van der Waals surface area contributed by atoms with E-state index in [1.54, 1.807) is 12.3 Å². The number of rotatable bonds is 2. The Hall–Kier alpha value is -1.26. The zero-order chi connectivity index (χ0) is 17.3. The van der Waals surface area contributed by atoms with Gasteiger partial charge in [0.2, 0.25) is 0 Å². The smallest absolute Gasteiger partial charge is 0.0852 e. The van der Waals surface area contributed by atoms with Crippen LogP contribution >= 0.6 is 15.9 Å². The molecular weight excluding hydrogens is 326 g/mol. The van der Waals surface area contributed by atoms with Crippen molar-refractivity contribution in [1.82, 2.24) is 4.98 Å². The number of nitrogens with zero attached hydrogens (tertiary/aromatic N) is 1. The fourth-order valence-corrected chi connectivity index (χ4v) is 0.936. The highest BCUT2D eigenvalue weighted by Gasteiger charge is 2.03. The molecule has 120 valence electrons. The molecule has 0 saturated heterocycles. The third-order valence-electron chi connectivity index (χ3n) is 1.90. The lowest BCUT2D eigenvalue weighted by molar-refractivity contribution is 0.809. The van der Waals surface area contributed by atoms with Crippen molar-refractivity contribution in [3.05, 3.63) is 52.8 Å². The van der Waals surface area contributed by atoms with Crippen LogP contribution in [-0.4, -0.2) is 11.2 Å². The van der Waals surface area contributed by atoms with E-state index in [0.717, 1.165) is 5.56 Å². The van der Waals surface area contributed by atoms with Crippen LogP contribution < -0.4 is 5.73 Å². The Kier molecular flexibility index (Phi) is 22.1. The normalized spacial score (nSPS) is 10.4. The van der Waals surface area contributed by atoms with Crippen molar-refractivity contribution in [1.29, 1.82) is 5.41 Å². The van der Waals surface area contributed by atoms with Crippen LogP contribution in [0.3, 0.4) is 0 Å². The number of halogens is 1. The van der Waals surface area contributed by atoms with Gasteiger partial charge < -0.3 is 11.1 Å². The summed E-state index contributed by atoms with van der Waals surface area (Å²) in [6.07, 6.45) is 6.63. The fourth-order valence-electron chi connectivity index (χ4n) is 0.936. The summed E-state index contributed by atoms with van der Waals surface area (Å²) in [6.45, 7) is 15.1. The van der Waals surface area contributed by atoms with Gasteiger partial charge in [-0.05, 0) is 43.8 Å². The van der Waals surface area contributed by atoms with E-state index >= 15 is 0 Å². The maximum Gasteiger partial charge on any atom is 0.0852 e. The third-order valence-corrected chi connectivity index (χ3v) is 2.35. The number of aromatic nitrogens is 1. The summed E-state index contributed by atoms with van der Waals surface area (Å²) < 4.78 is 1.19. The van der Waals surface area contributed by atoms with E-state index in [0.29, 0.717) is 5.69 Å². The highest BCUT2D eigenvalue weighted by atomic mass is 79.9. The van der Waals surface area contributed by atoms with Gasteiger partial charge >= 0.3 is 0 Å². The Balaban J connectivity index is -0.000000272. The van der Waals surface area contributed by atoms with Gasteiger partial charge in [0.1, 0.15) is 0 Å². The van der Waals surface area contributed by atoms with E-state index < -0.39 is 0 Å². The molecule has 1 heterocycles. The summed E-state index contributed by atoms with van der Waals surface area (Å²) in [5.74, 6) is 0. The lowest BCUT2D eigenvalue weighted by atomic mass is 10.1. The second kappa shape index (κ2) is 18.7. The molecule has 0 spiro atoms. The Bertz CT molecular complexity index is 395. The van der Waals surface area contributed by atoms with E-state index in [9.17, 15) is 0 Å². The van der Waals surface area contributed by atoms with Crippen LogP contribution in [-0.2, 0) is 0 Å². The molecule has 4 heteroatoms. The SMILES string of the molecule is C/C=C(\C)Br.C=CC.CC.CC(N)c1cccnc1C=N. The average molecular weight is 356 g/mol. The Morgan fingerprint density at radius 3 is 2.10 bits per heavy atom. The van der Waals surface area contributed by atoms with Gasteiger partial charge in [-0.3, -0.25) is 4.98 Å². The largest absolute Gasteiger partial charge is 0.324 e. The summed E-state index contributed by atoms with van der Waals surface area (Å²) in [6, 6.07) is 3.66. The number of pyridine rings is 1. The van der Waals surface area contributed by atoms with Crippen molar-refractivity contribution in [2.24, 2.45) is 5.73 Å². The van der Waals surface area contributed by atoms with Crippen LogP contribution in [0.2, 0.25) is 0 Å². The van der Waals surface area contributed by atoms with E-state index in [1.807, 2.05) is 59.8 Å². The number of nitrogens with two attached hydrogens (primary N) is 1. The van der Waals surface area contributed by atoms with Crippen molar-refractivity contribution < 1.29 is 0 Å². The van der Waals surface area contributed by atoms with Gasteiger partial charge in [-0.25, -0.2) is 0 Å². The topological polar surface area (TPSA) is 62.8 Å². The zero-order valence-corrected chi connectivity index (χ0v) is 15.7. The second-order valence-electron chi connectivity index (χ2n) is 3.69. The molecule has 0 aromatic carbocycles. The predicted octanol–water partition coefficient (Wildman–Crippen LogP) is 5.62. The first-order valence-corrected chi connectivity index (χ1v) is 7.80. The van der Waals surface area contributed by atoms with E-state index in [4.69, 9.17) is 11.1 Å². The molecule has 0 aliphatic carbocycles. The van der Waals surface area contributed by atoms with E-state index in [1.165, 1.54) is 10.7 Å². The van der Waals surface area contributed by atoms with E-state index in [2.05, 4.69) is 27.5 Å². The molecule has 0 radical (unpaired) electrons. The predicted molar refractivity (Wildman–Crippen MR) is 100 cm³/mol. The molecule has 3 N–H and O–H groups in total. The number of nitrogens with one attached hydrogen (secondary N) is 1. The minimum Gasteiger partial charge on any atom is -0.324 e. The highest BCUT2D eigenvalue weighted by molar-refractivity contribution is 9.11. The number of hydrogen-bond acceptors (Lipinski definition) is 3. The van der Waals surface area contributed by atoms with Crippen LogP contribution in [0, 0.1) is 5.41 Å². The zero-order valence-electron chi connectivity index (χ0n) is 14.2. The summed E-state index contributed by atoms with van der Waals surface area (Å²) in [4.78, 5) is 4.00. The van der Waals surface area contributed by atoms with Gasteiger partial charge in [-0.2, -0.15) is 0 Å². The molecule has 1 rings (SSSR count). The van der Waals surface area contributed by atoms with Gasteiger partial charge in [-0.1, -0.05) is 48.0 Å². The van der Waals surface area contributed by atoms with Crippen LogP contribution in [0.4, 0.5) is 0 Å². The van der Waals surface area contributed by atoms with Gasteiger partial charge in [0.15, 0.2) is 0 Å². The molecule has 0 fully saturated rings. The van der Waals surface area contributed by atoms with Crippen LogP contribution in [0.5, 0.6) is 0 Å². The lowest BCUT2D eigenvalue weighted by Crippen LogP contribution is -2.08. The summed E-state index contributed by atoms with van der Waals surface area (Å²) in [7, 11) is 0. The minimum absolute atomic E-state index is 0.0553. The average Bonchev–Trinajstić information content (AvgIpc) is 2.50. The fraction of sp³-hybridized carbons (Fsp3) is 0.412. The summed E-state index contributed by atoms with van der Waals surface area (Å²) >= 11 is 3.23. The van der Waals surface area contributed by atoms with Gasteiger partial charge in [0, 0.05) is 18.5 Å². The van der Waals surface area contributed by atoms with Crippen molar-refractivity contribution >= 4 is 22.1 Å². The Morgan fingerprint density at radius 1 is 1.43 bits per heavy atom. The van der Waals surface area contributed by atoms with E-state index in [-0.39, 0.29) is 6.04 Å². The molecule has 0 aliphatic rings. The Labute approximate surface area is 139 Å². The third kappa shape index (κ3) is 16.7. The van der Waals surface area contributed by atoms with Crippen molar-refractivity contribution in [2.45, 2.75) is 47.6 Å². The molecule has 1 atom stereocenters.